The Balaban J connectivity index is 1.45. The summed E-state index contributed by atoms with van der Waals surface area (Å²) in [5.74, 6) is 0.00499. The fraction of sp³-hybridized carbons (Fsp3) is 0.435. The van der Waals surface area contributed by atoms with E-state index in [2.05, 4.69) is 4.98 Å². The van der Waals surface area contributed by atoms with Crippen molar-refractivity contribution in [3.05, 3.63) is 65.5 Å². The minimum atomic E-state index is -0.162. The lowest BCUT2D eigenvalue weighted by atomic mass is 9.76. The SMILES string of the molecule is Cc1ncccc1C(=O)N1CCC2(CC1)CC(CO)N(C(=O)c1ccccc1)C2. The van der Waals surface area contributed by atoms with E-state index < -0.39 is 0 Å². The second-order valence-electron chi connectivity index (χ2n) is 8.27. The molecule has 2 aliphatic heterocycles. The Labute approximate surface area is 171 Å². The zero-order chi connectivity index (χ0) is 20.4. The zero-order valence-corrected chi connectivity index (χ0v) is 16.8. The Hall–Kier alpha value is -2.73. The van der Waals surface area contributed by atoms with Gasteiger partial charge in [-0.15, -0.1) is 0 Å². The molecular formula is C23H27N3O3. The number of amides is 2. The molecule has 152 valence electrons. The van der Waals surface area contributed by atoms with Gasteiger partial charge in [-0.1, -0.05) is 18.2 Å². The molecule has 1 atom stereocenters. The molecule has 2 fully saturated rings. The van der Waals surface area contributed by atoms with Crippen molar-refractivity contribution in [2.24, 2.45) is 5.41 Å². The van der Waals surface area contributed by atoms with E-state index in [1.807, 2.05) is 53.1 Å². The Morgan fingerprint density at radius 1 is 1.10 bits per heavy atom. The molecule has 29 heavy (non-hydrogen) atoms. The third-order valence-electron chi connectivity index (χ3n) is 6.46. The Morgan fingerprint density at radius 2 is 1.83 bits per heavy atom. The van der Waals surface area contributed by atoms with E-state index >= 15 is 0 Å². The van der Waals surface area contributed by atoms with Crippen LogP contribution in [0.5, 0.6) is 0 Å². The number of piperidine rings is 1. The summed E-state index contributed by atoms with van der Waals surface area (Å²) in [6.45, 7) is 3.80. The largest absolute Gasteiger partial charge is 0.394 e. The number of benzene rings is 1. The van der Waals surface area contributed by atoms with Gasteiger partial charge in [0.05, 0.1) is 18.2 Å². The van der Waals surface area contributed by atoms with Crippen LogP contribution in [0, 0.1) is 12.3 Å². The summed E-state index contributed by atoms with van der Waals surface area (Å²) in [7, 11) is 0. The van der Waals surface area contributed by atoms with Gasteiger partial charge in [0.1, 0.15) is 0 Å². The van der Waals surface area contributed by atoms with Crippen LogP contribution in [0.2, 0.25) is 0 Å². The molecule has 2 aliphatic rings. The summed E-state index contributed by atoms with van der Waals surface area (Å²) < 4.78 is 0. The molecule has 0 radical (unpaired) electrons. The van der Waals surface area contributed by atoms with E-state index in [4.69, 9.17) is 0 Å². The van der Waals surface area contributed by atoms with E-state index in [-0.39, 0.29) is 29.9 Å². The highest BCUT2D eigenvalue weighted by molar-refractivity contribution is 5.95. The number of aromatic nitrogens is 1. The Kier molecular flexibility index (Phi) is 5.37. The van der Waals surface area contributed by atoms with Crippen LogP contribution in [0.4, 0.5) is 0 Å². The van der Waals surface area contributed by atoms with E-state index in [0.717, 1.165) is 25.0 Å². The second kappa shape index (κ2) is 7.95. The topological polar surface area (TPSA) is 73.7 Å². The van der Waals surface area contributed by atoms with Gasteiger partial charge >= 0.3 is 0 Å². The van der Waals surface area contributed by atoms with Crippen molar-refractivity contribution in [3.63, 3.8) is 0 Å². The van der Waals surface area contributed by atoms with Gasteiger partial charge in [0.2, 0.25) is 0 Å². The third kappa shape index (κ3) is 3.77. The van der Waals surface area contributed by atoms with Crippen molar-refractivity contribution in [2.75, 3.05) is 26.2 Å². The maximum atomic E-state index is 13.0. The number of likely N-dealkylation sites (tertiary alicyclic amines) is 2. The number of hydrogen-bond acceptors (Lipinski definition) is 4. The molecule has 1 N–H and O–H groups in total. The van der Waals surface area contributed by atoms with Gasteiger partial charge in [0.25, 0.3) is 11.8 Å². The first kappa shape index (κ1) is 19.6. The minimum absolute atomic E-state index is 0.0222. The molecule has 4 rings (SSSR count). The Morgan fingerprint density at radius 3 is 2.48 bits per heavy atom. The van der Waals surface area contributed by atoms with Crippen molar-refractivity contribution in [3.8, 4) is 0 Å². The fourth-order valence-corrected chi connectivity index (χ4v) is 4.74. The van der Waals surface area contributed by atoms with Gasteiger partial charge in [-0.25, -0.2) is 0 Å². The van der Waals surface area contributed by atoms with Crippen molar-refractivity contribution in [1.29, 1.82) is 0 Å². The molecule has 0 bridgehead atoms. The smallest absolute Gasteiger partial charge is 0.255 e. The van der Waals surface area contributed by atoms with Gasteiger partial charge in [-0.2, -0.15) is 0 Å². The standard InChI is InChI=1S/C23H27N3O3/c1-17-20(8-5-11-24-17)22(29)25-12-9-23(10-13-25)14-19(15-27)26(16-23)21(28)18-6-3-2-4-7-18/h2-8,11,19,27H,9-10,12-16H2,1H3. The molecule has 1 spiro atoms. The van der Waals surface area contributed by atoms with Crippen LogP contribution < -0.4 is 0 Å². The van der Waals surface area contributed by atoms with E-state index in [1.54, 1.807) is 12.3 Å². The predicted octanol–water partition coefficient (Wildman–Crippen LogP) is 2.52. The van der Waals surface area contributed by atoms with E-state index in [0.29, 0.717) is 30.8 Å². The van der Waals surface area contributed by atoms with Crippen LogP contribution in [0.1, 0.15) is 45.7 Å². The molecule has 0 saturated carbocycles. The lowest BCUT2D eigenvalue weighted by Gasteiger charge is -2.39. The van der Waals surface area contributed by atoms with Crippen LogP contribution in [-0.4, -0.2) is 64.0 Å². The summed E-state index contributed by atoms with van der Waals surface area (Å²) in [5.41, 5.74) is 2.03. The molecule has 1 aromatic heterocycles. The van der Waals surface area contributed by atoms with E-state index in [1.165, 1.54) is 0 Å². The number of carbonyl (C=O) groups excluding carboxylic acids is 2. The van der Waals surface area contributed by atoms with Crippen LogP contribution in [-0.2, 0) is 0 Å². The summed E-state index contributed by atoms with van der Waals surface area (Å²) in [6, 6.07) is 12.7. The number of rotatable bonds is 3. The molecule has 0 aliphatic carbocycles. The highest BCUT2D eigenvalue weighted by atomic mass is 16.3. The monoisotopic (exact) mass is 393 g/mol. The van der Waals surface area contributed by atoms with Gasteiger partial charge in [-0.3, -0.25) is 14.6 Å². The normalized spacial score (nSPS) is 20.8. The van der Waals surface area contributed by atoms with E-state index in [9.17, 15) is 14.7 Å². The van der Waals surface area contributed by atoms with Crippen molar-refractivity contribution in [1.82, 2.24) is 14.8 Å². The highest BCUT2D eigenvalue weighted by Gasteiger charge is 2.47. The van der Waals surface area contributed by atoms with Gasteiger partial charge in [-0.05, 0) is 55.9 Å². The maximum Gasteiger partial charge on any atom is 0.255 e. The van der Waals surface area contributed by atoms with Crippen LogP contribution in [0.15, 0.2) is 48.7 Å². The molecule has 6 heteroatoms. The van der Waals surface area contributed by atoms with Gasteiger partial charge < -0.3 is 14.9 Å². The zero-order valence-electron chi connectivity index (χ0n) is 16.8. The first-order valence-electron chi connectivity index (χ1n) is 10.2. The highest BCUT2D eigenvalue weighted by Crippen LogP contribution is 2.44. The molecule has 2 amide bonds. The number of carbonyl (C=O) groups is 2. The third-order valence-corrected chi connectivity index (χ3v) is 6.46. The molecule has 1 unspecified atom stereocenters. The molecule has 3 heterocycles. The molecule has 1 aromatic carbocycles. The molecular weight excluding hydrogens is 366 g/mol. The lowest BCUT2D eigenvalue weighted by Crippen LogP contribution is -2.45. The summed E-state index contributed by atoms with van der Waals surface area (Å²) >= 11 is 0. The van der Waals surface area contributed by atoms with Crippen molar-refractivity contribution in [2.45, 2.75) is 32.2 Å². The quantitative estimate of drug-likeness (QED) is 0.870. The van der Waals surface area contributed by atoms with Crippen molar-refractivity contribution >= 4 is 11.8 Å². The summed E-state index contributed by atoms with van der Waals surface area (Å²) in [6.07, 6.45) is 4.17. The average molecular weight is 393 g/mol. The minimum Gasteiger partial charge on any atom is -0.394 e. The van der Waals surface area contributed by atoms with Gasteiger partial charge in [0.15, 0.2) is 0 Å². The second-order valence-corrected chi connectivity index (χ2v) is 8.27. The average Bonchev–Trinajstić information content (AvgIpc) is 3.12. The van der Waals surface area contributed by atoms with Crippen LogP contribution in [0.3, 0.4) is 0 Å². The van der Waals surface area contributed by atoms with Crippen LogP contribution >= 0.6 is 0 Å². The first-order valence-corrected chi connectivity index (χ1v) is 10.2. The molecule has 2 aromatic rings. The van der Waals surface area contributed by atoms with Gasteiger partial charge in [0, 0.05) is 37.1 Å². The van der Waals surface area contributed by atoms with Crippen molar-refractivity contribution < 1.29 is 14.7 Å². The number of nitrogens with zero attached hydrogens (tertiary/aromatic N) is 3. The number of hydrogen-bond donors (Lipinski definition) is 1. The number of aliphatic hydroxyl groups is 1. The number of pyridine rings is 1. The van der Waals surface area contributed by atoms with Crippen LogP contribution in [0.25, 0.3) is 0 Å². The first-order chi connectivity index (χ1) is 14.0. The summed E-state index contributed by atoms with van der Waals surface area (Å²) in [4.78, 5) is 33.8. The predicted molar refractivity (Wildman–Crippen MR) is 110 cm³/mol. The lowest BCUT2D eigenvalue weighted by molar-refractivity contribution is 0.0558. The number of aliphatic hydroxyl groups excluding tert-OH is 1. The fourth-order valence-electron chi connectivity index (χ4n) is 4.74. The summed E-state index contributed by atoms with van der Waals surface area (Å²) in [5, 5.41) is 9.90. The maximum absolute atomic E-state index is 13.0. The Bertz CT molecular complexity index is 891. The molecule has 6 nitrogen and oxygen atoms in total. The molecule has 2 saturated heterocycles. The number of aryl methyl sites for hydroxylation is 1.